The van der Waals surface area contributed by atoms with Gasteiger partial charge in [-0.05, 0) is 64.9 Å². The molecule has 0 spiro atoms. The average Bonchev–Trinajstić information content (AvgIpc) is 2.53. The van der Waals surface area contributed by atoms with Crippen LogP contribution in [-0.4, -0.2) is 53.5 Å². The van der Waals surface area contributed by atoms with E-state index >= 15 is 0 Å². The van der Waals surface area contributed by atoms with E-state index in [1.54, 1.807) is 18.5 Å². The van der Waals surface area contributed by atoms with Crippen LogP contribution in [0.3, 0.4) is 0 Å². The average molecular weight is 328 g/mol. The molecule has 0 aliphatic carbocycles. The van der Waals surface area contributed by atoms with E-state index in [1.165, 1.54) is 19.3 Å². The van der Waals surface area contributed by atoms with E-state index in [2.05, 4.69) is 25.5 Å². The number of likely N-dealkylation sites (tertiary alicyclic amines) is 1. The van der Waals surface area contributed by atoms with E-state index in [9.17, 15) is 4.79 Å². The highest BCUT2D eigenvalue weighted by Crippen LogP contribution is 2.21. The number of nitrogens with one attached hydrogen (secondary N) is 2. The number of hydrogen-bond donors (Lipinski definition) is 2. The first-order chi connectivity index (χ1) is 10.2. The van der Waals surface area contributed by atoms with Crippen LogP contribution >= 0.6 is 12.4 Å². The van der Waals surface area contributed by atoms with Crippen LogP contribution in [0.5, 0.6) is 0 Å². The van der Waals surface area contributed by atoms with E-state index < -0.39 is 0 Å². The molecule has 1 aromatic rings. The van der Waals surface area contributed by atoms with Crippen molar-refractivity contribution in [2.75, 3.05) is 32.0 Å². The van der Waals surface area contributed by atoms with Gasteiger partial charge in [0.15, 0.2) is 0 Å². The van der Waals surface area contributed by atoms with E-state index in [1.807, 2.05) is 14.0 Å². The van der Waals surface area contributed by atoms with Gasteiger partial charge in [-0.3, -0.25) is 15.0 Å². The second-order valence-corrected chi connectivity index (χ2v) is 5.61. The zero-order valence-corrected chi connectivity index (χ0v) is 14.1. The Hall–Kier alpha value is -1.24. The molecule has 22 heavy (non-hydrogen) atoms. The van der Waals surface area contributed by atoms with Gasteiger partial charge in [0.25, 0.3) is 0 Å². The Labute approximate surface area is 138 Å². The summed E-state index contributed by atoms with van der Waals surface area (Å²) < 4.78 is 0. The Kier molecular flexibility index (Phi) is 8.30. The van der Waals surface area contributed by atoms with Crippen molar-refractivity contribution >= 4 is 24.3 Å². The molecule has 2 heterocycles. The van der Waals surface area contributed by atoms with Crippen molar-refractivity contribution < 1.29 is 4.79 Å². The van der Waals surface area contributed by atoms with Crippen molar-refractivity contribution in [1.29, 1.82) is 0 Å². The molecule has 1 fully saturated rings. The van der Waals surface area contributed by atoms with Crippen LogP contribution in [0.2, 0.25) is 0 Å². The van der Waals surface area contributed by atoms with Crippen LogP contribution in [0.15, 0.2) is 18.5 Å². The highest BCUT2D eigenvalue weighted by atomic mass is 35.5. The summed E-state index contributed by atoms with van der Waals surface area (Å²) in [5, 5.41) is 5.97. The molecule has 0 radical (unpaired) electrons. The number of piperidine rings is 1. The van der Waals surface area contributed by atoms with Crippen molar-refractivity contribution in [2.24, 2.45) is 5.92 Å². The van der Waals surface area contributed by atoms with Gasteiger partial charge < -0.3 is 5.32 Å². The molecule has 1 aromatic heterocycles. The Morgan fingerprint density at radius 2 is 2.00 bits per heavy atom. The molecular formula is C15H26ClN5O. The van der Waals surface area contributed by atoms with Crippen LogP contribution in [0.25, 0.3) is 0 Å². The quantitative estimate of drug-likeness (QED) is 0.829. The maximum Gasteiger partial charge on any atom is 0.243 e. The molecule has 1 saturated heterocycles. The monoisotopic (exact) mass is 327 g/mol. The number of rotatable bonds is 6. The summed E-state index contributed by atoms with van der Waals surface area (Å²) in [6.07, 6.45) is 6.81. The number of nitrogens with zero attached hydrogens (tertiary/aromatic N) is 3. The summed E-state index contributed by atoms with van der Waals surface area (Å²) in [7, 11) is 1.99. The number of carbonyl (C=O) groups excluding carboxylic acids is 1. The van der Waals surface area contributed by atoms with Gasteiger partial charge in [-0.25, -0.2) is 9.97 Å². The summed E-state index contributed by atoms with van der Waals surface area (Å²) in [4.78, 5) is 22.5. The lowest BCUT2D eigenvalue weighted by Gasteiger charge is -2.35. The molecule has 0 aromatic carbocycles. The molecule has 6 nitrogen and oxygen atoms in total. The maximum atomic E-state index is 12.2. The van der Waals surface area contributed by atoms with Gasteiger partial charge in [0.1, 0.15) is 0 Å². The Balaban J connectivity index is 0.00000242. The summed E-state index contributed by atoms with van der Waals surface area (Å²) in [6, 6.07) is 1.59. The SMILES string of the molecule is CNCCC1CCN(C(C)C(=O)Nc2ncccn2)CC1.Cl. The van der Waals surface area contributed by atoms with Gasteiger partial charge in [-0.15, -0.1) is 12.4 Å². The van der Waals surface area contributed by atoms with Crippen molar-refractivity contribution in [1.82, 2.24) is 20.2 Å². The van der Waals surface area contributed by atoms with E-state index in [0.717, 1.165) is 25.6 Å². The van der Waals surface area contributed by atoms with Gasteiger partial charge in [0.05, 0.1) is 6.04 Å². The first kappa shape index (κ1) is 18.8. The minimum absolute atomic E-state index is 0. The molecule has 1 aliphatic heterocycles. The van der Waals surface area contributed by atoms with Gasteiger partial charge in [-0.1, -0.05) is 0 Å². The molecule has 1 atom stereocenters. The number of anilines is 1. The number of hydrogen-bond acceptors (Lipinski definition) is 5. The predicted molar refractivity (Wildman–Crippen MR) is 90.2 cm³/mol. The first-order valence-electron chi connectivity index (χ1n) is 7.67. The standard InChI is InChI=1S/C15H25N5O.ClH/c1-12(14(21)19-15-17-7-3-8-18-15)20-10-5-13(6-11-20)4-9-16-2;/h3,7-8,12-13,16H,4-6,9-11H2,1-2H3,(H,17,18,19,21);1H. The highest BCUT2D eigenvalue weighted by Gasteiger charge is 2.26. The second kappa shape index (κ2) is 9.71. The van der Waals surface area contributed by atoms with Gasteiger partial charge in [-0.2, -0.15) is 0 Å². The van der Waals surface area contributed by atoms with E-state index in [-0.39, 0.29) is 24.4 Å². The molecule has 2 N–H and O–H groups in total. The van der Waals surface area contributed by atoms with Crippen LogP contribution in [0, 0.1) is 5.92 Å². The van der Waals surface area contributed by atoms with Crippen molar-refractivity contribution in [3.63, 3.8) is 0 Å². The largest absolute Gasteiger partial charge is 0.320 e. The van der Waals surface area contributed by atoms with Crippen LogP contribution < -0.4 is 10.6 Å². The van der Waals surface area contributed by atoms with Gasteiger partial charge in [0.2, 0.25) is 11.9 Å². The lowest BCUT2D eigenvalue weighted by molar-refractivity contribution is -0.121. The fourth-order valence-electron chi connectivity index (χ4n) is 2.72. The molecule has 7 heteroatoms. The third-order valence-electron chi connectivity index (χ3n) is 4.18. The fraction of sp³-hybridized carbons (Fsp3) is 0.667. The predicted octanol–water partition coefficient (Wildman–Crippen LogP) is 1.55. The Morgan fingerprint density at radius 1 is 1.36 bits per heavy atom. The van der Waals surface area contributed by atoms with Crippen molar-refractivity contribution in [3.05, 3.63) is 18.5 Å². The first-order valence-corrected chi connectivity index (χ1v) is 7.67. The molecule has 1 unspecified atom stereocenters. The van der Waals surface area contributed by atoms with E-state index in [4.69, 9.17) is 0 Å². The molecular weight excluding hydrogens is 302 g/mol. The minimum atomic E-state index is -0.140. The van der Waals surface area contributed by atoms with Gasteiger partial charge >= 0.3 is 0 Å². The summed E-state index contributed by atoms with van der Waals surface area (Å²) in [5.41, 5.74) is 0. The number of aromatic nitrogens is 2. The number of carbonyl (C=O) groups is 1. The molecule has 0 bridgehead atoms. The molecule has 2 rings (SSSR count). The van der Waals surface area contributed by atoms with Crippen LogP contribution in [-0.2, 0) is 4.79 Å². The topological polar surface area (TPSA) is 70.2 Å². The van der Waals surface area contributed by atoms with E-state index in [0.29, 0.717) is 5.95 Å². The zero-order chi connectivity index (χ0) is 15.1. The zero-order valence-electron chi connectivity index (χ0n) is 13.3. The Morgan fingerprint density at radius 3 is 2.59 bits per heavy atom. The lowest BCUT2D eigenvalue weighted by Crippen LogP contribution is -2.46. The van der Waals surface area contributed by atoms with Crippen LogP contribution in [0.1, 0.15) is 26.2 Å². The molecule has 1 aliphatic rings. The highest BCUT2D eigenvalue weighted by molar-refractivity contribution is 5.93. The molecule has 1 amide bonds. The Bertz CT molecular complexity index is 437. The smallest absolute Gasteiger partial charge is 0.243 e. The second-order valence-electron chi connectivity index (χ2n) is 5.61. The molecule has 124 valence electrons. The minimum Gasteiger partial charge on any atom is -0.320 e. The number of amides is 1. The third kappa shape index (κ3) is 5.51. The third-order valence-corrected chi connectivity index (χ3v) is 4.18. The van der Waals surface area contributed by atoms with Crippen LogP contribution in [0.4, 0.5) is 5.95 Å². The van der Waals surface area contributed by atoms with Gasteiger partial charge in [0, 0.05) is 12.4 Å². The van der Waals surface area contributed by atoms with Crippen molar-refractivity contribution in [3.8, 4) is 0 Å². The summed E-state index contributed by atoms with van der Waals surface area (Å²) in [5.74, 6) is 1.12. The normalized spacial score (nSPS) is 17.5. The lowest BCUT2D eigenvalue weighted by atomic mass is 9.93. The number of halogens is 1. The summed E-state index contributed by atoms with van der Waals surface area (Å²) >= 11 is 0. The fourth-order valence-corrected chi connectivity index (χ4v) is 2.72. The maximum absolute atomic E-state index is 12.2. The molecule has 0 saturated carbocycles. The van der Waals surface area contributed by atoms with Crippen molar-refractivity contribution in [2.45, 2.75) is 32.2 Å². The summed E-state index contributed by atoms with van der Waals surface area (Å²) in [6.45, 7) is 5.00.